The van der Waals surface area contributed by atoms with Gasteiger partial charge in [-0.15, -0.1) is 0 Å². The zero-order valence-electron chi connectivity index (χ0n) is 11.2. The normalized spacial score (nSPS) is 24.4. The molecule has 1 saturated heterocycles. The van der Waals surface area contributed by atoms with E-state index in [-0.39, 0.29) is 11.8 Å². The second kappa shape index (κ2) is 6.36. The minimum absolute atomic E-state index is 0.00808. The summed E-state index contributed by atoms with van der Waals surface area (Å²) in [5.74, 6) is 0.382. The first kappa shape index (κ1) is 14.5. The second-order valence-electron chi connectivity index (χ2n) is 5.73. The fraction of sp³-hybridized carbons (Fsp3) is 0.923. The maximum atomic E-state index is 11.8. The van der Waals surface area contributed by atoms with Crippen LogP contribution in [0.2, 0.25) is 0 Å². The van der Waals surface area contributed by atoms with Crippen molar-refractivity contribution in [3.63, 3.8) is 0 Å². The molecule has 2 unspecified atom stereocenters. The van der Waals surface area contributed by atoms with Crippen LogP contribution in [0.4, 0.5) is 0 Å². The SMILES string of the molecule is CC(C)CC(C)(O)CNC(=O)C1CCCOC1. The Morgan fingerprint density at radius 1 is 1.59 bits per heavy atom. The average Bonchev–Trinajstić information content (AvgIpc) is 2.25. The number of ether oxygens (including phenoxy) is 1. The van der Waals surface area contributed by atoms with E-state index in [0.717, 1.165) is 19.4 Å². The summed E-state index contributed by atoms with van der Waals surface area (Å²) in [5.41, 5.74) is -0.820. The first-order chi connectivity index (χ1) is 7.91. The summed E-state index contributed by atoms with van der Waals surface area (Å²) in [6.07, 6.45) is 2.52. The molecule has 0 radical (unpaired) electrons. The van der Waals surface area contributed by atoms with E-state index in [1.165, 1.54) is 0 Å². The summed E-state index contributed by atoms with van der Waals surface area (Å²) >= 11 is 0. The van der Waals surface area contributed by atoms with Gasteiger partial charge in [-0.3, -0.25) is 4.79 Å². The highest BCUT2D eigenvalue weighted by Gasteiger charge is 2.26. The molecule has 0 aliphatic carbocycles. The summed E-state index contributed by atoms with van der Waals surface area (Å²) in [7, 11) is 0. The van der Waals surface area contributed by atoms with Crippen molar-refractivity contribution in [1.82, 2.24) is 5.32 Å². The lowest BCUT2D eigenvalue weighted by Gasteiger charge is -2.27. The number of nitrogens with one attached hydrogen (secondary N) is 1. The van der Waals surface area contributed by atoms with Crippen molar-refractivity contribution in [3.8, 4) is 0 Å². The molecule has 0 spiro atoms. The van der Waals surface area contributed by atoms with E-state index < -0.39 is 5.60 Å². The molecule has 0 aromatic rings. The van der Waals surface area contributed by atoms with E-state index in [4.69, 9.17) is 4.74 Å². The van der Waals surface area contributed by atoms with Crippen LogP contribution in [0.15, 0.2) is 0 Å². The molecule has 17 heavy (non-hydrogen) atoms. The van der Waals surface area contributed by atoms with Gasteiger partial charge >= 0.3 is 0 Å². The summed E-state index contributed by atoms with van der Waals surface area (Å²) in [5, 5.41) is 12.9. The van der Waals surface area contributed by atoms with Gasteiger partial charge in [-0.05, 0) is 32.1 Å². The molecule has 0 bridgehead atoms. The third kappa shape index (κ3) is 5.50. The minimum Gasteiger partial charge on any atom is -0.388 e. The largest absolute Gasteiger partial charge is 0.388 e. The Bertz CT molecular complexity index is 245. The van der Waals surface area contributed by atoms with Crippen molar-refractivity contribution in [3.05, 3.63) is 0 Å². The smallest absolute Gasteiger partial charge is 0.225 e. The third-order valence-electron chi connectivity index (χ3n) is 3.02. The number of aliphatic hydroxyl groups is 1. The van der Waals surface area contributed by atoms with E-state index in [1.807, 2.05) is 0 Å². The molecule has 1 aliphatic rings. The Labute approximate surface area is 104 Å². The molecule has 2 atom stereocenters. The standard InChI is InChI=1S/C13H25NO3/c1-10(2)7-13(3,16)9-14-12(15)11-5-4-6-17-8-11/h10-11,16H,4-9H2,1-3H3,(H,14,15). The Morgan fingerprint density at radius 3 is 2.82 bits per heavy atom. The van der Waals surface area contributed by atoms with Gasteiger partial charge in [-0.25, -0.2) is 0 Å². The van der Waals surface area contributed by atoms with Crippen LogP contribution in [0.1, 0.15) is 40.0 Å². The van der Waals surface area contributed by atoms with Crippen LogP contribution in [0.5, 0.6) is 0 Å². The Morgan fingerprint density at radius 2 is 2.29 bits per heavy atom. The molecular formula is C13H25NO3. The van der Waals surface area contributed by atoms with Crippen molar-refractivity contribution in [2.75, 3.05) is 19.8 Å². The van der Waals surface area contributed by atoms with Gasteiger partial charge in [0.25, 0.3) is 0 Å². The molecule has 4 heteroatoms. The number of hydrogen-bond donors (Lipinski definition) is 2. The van der Waals surface area contributed by atoms with Gasteiger partial charge in [0.15, 0.2) is 0 Å². The number of amides is 1. The van der Waals surface area contributed by atoms with Crippen molar-refractivity contribution < 1.29 is 14.6 Å². The molecule has 1 rings (SSSR count). The maximum absolute atomic E-state index is 11.8. The highest BCUT2D eigenvalue weighted by atomic mass is 16.5. The van der Waals surface area contributed by atoms with Crippen molar-refractivity contribution in [2.45, 2.75) is 45.6 Å². The van der Waals surface area contributed by atoms with E-state index in [0.29, 0.717) is 25.5 Å². The van der Waals surface area contributed by atoms with Crippen LogP contribution in [-0.4, -0.2) is 36.4 Å². The zero-order chi connectivity index (χ0) is 12.9. The third-order valence-corrected chi connectivity index (χ3v) is 3.02. The summed E-state index contributed by atoms with van der Waals surface area (Å²) in [6, 6.07) is 0. The van der Waals surface area contributed by atoms with Crippen LogP contribution in [0, 0.1) is 11.8 Å². The highest BCUT2D eigenvalue weighted by Crippen LogP contribution is 2.17. The Kier molecular flexibility index (Phi) is 5.40. The molecule has 0 aromatic carbocycles. The topological polar surface area (TPSA) is 58.6 Å². The van der Waals surface area contributed by atoms with Crippen molar-refractivity contribution in [2.24, 2.45) is 11.8 Å². The first-order valence-electron chi connectivity index (χ1n) is 6.48. The van der Waals surface area contributed by atoms with Gasteiger partial charge in [0, 0.05) is 13.2 Å². The van der Waals surface area contributed by atoms with Gasteiger partial charge in [-0.2, -0.15) is 0 Å². The van der Waals surface area contributed by atoms with Gasteiger partial charge in [0.05, 0.1) is 18.1 Å². The van der Waals surface area contributed by atoms with E-state index in [1.54, 1.807) is 6.92 Å². The molecule has 100 valence electrons. The first-order valence-corrected chi connectivity index (χ1v) is 6.48. The molecule has 1 aliphatic heterocycles. The number of rotatable bonds is 5. The lowest BCUT2D eigenvalue weighted by molar-refractivity contribution is -0.130. The molecule has 1 heterocycles. The predicted molar refractivity (Wildman–Crippen MR) is 66.6 cm³/mol. The van der Waals surface area contributed by atoms with Gasteiger partial charge in [0.2, 0.25) is 5.91 Å². The van der Waals surface area contributed by atoms with Crippen LogP contribution in [-0.2, 0) is 9.53 Å². The molecule has 1 amide bonds. The summed E-state index contributed by atoms with van der Waals surface area (Å²) < 4.78 is 5.28. The quantitative estimate of drug-likeness (QED) is 0.766. The zero-order valence-corrected chi connectivity index (χ0v) is 11.2. The molecule has 4 nitrogen and oxygen atoms in total. The molecule has 1 fully saturated rings. The average molecular weight is 243 g/mol. The van der Waals surface area contributed by atoms with Gasteiger partial charge < -0.3 is 15.2 Å². The summed E-state index contributed by atoms with van der Waals surface area (Å²) in [4.78, 5) is 11.8. The molecular weight excluding hydrogens is 218 g/mol. The van der Waals surface area contributed by atoms with Crippen molar-refractivity contribution >= 4 is 5.91 Å². The minimum atomic E-state index is -0.820. The molecule has 0 saturated carbocycles. The fourth-order valence-electron chi connectivity index (χ4n) is 2.32. The van der Waals surface area contributed by atoms with Gasteiger partial charge in [0.1, 0.15) is 0 Å². The highest BCUT2D eigenvalue weighted by molar-refractivity contribution is 5.78. The monoisotopic (exact) mass is 243 g/mol. The van der Waals surface area contributed by atoms with Crippen LogP contribution in [0.3, 0.4) is 0 Å². The van der Waals surface area contributed by atoms with E-state index in [9.17, 15) is 9.90 Å². The molecule has 2 N–H and O–H groups in total. The second-order valence-corrected chi connectivity index (χ2v) is 5.73. The fourth-order valence-corrected chi connectivity index (χ4v) is 2.32. The van der Waals surface area contributed by atoms with Gasteiger partial charge in [-0.1, -0.05) is 13.8 Å². The van der Waals surface area contributed by atoms with Crippen LogP contribution < -0.4 is 5.32 Å². The van der Waals surface area contributed by atoms with E-state index >= 15 is 0 Å². The van der Waals surface area contributed by atoms with E-state index in [2.05, 4.69) is 19.2 Å². The number of carbonyl (C=O) groups is 1. The summed E-state index contributed by atoms with van der Waals surface area (Å²) in [6.45, 7) is 7.48. The number of carbonyl (C=O) groups excluding carboxylic acids is 1. The predicted octanol–water partition coefficient (Wildman–Crippen LogP) is 1.33. The van der Waals surface area contributed by atoms with Crippen molar-refractivity contribution in [1.29, 1.82) is 0 Å². The lowest BCUT2D eigenvalue weighted by atomic mass is 9.94. The Balaban J connectivity index is 2.31. The Hall–Kier alpha value is -0.610. The lowest BCUT2D eigenvalue weighted by Crippen LogP contribution is -2.44. The maximum Gasteiger partial charge on any atom is 0.225 e. The molecule has 0 aromatic heterocycles. The van der Waals surface area contributed by atoms with Crippen LogP contribution >= 0.6 is 0 Å². The number of hydrogen-bond acceptors (Lipinski definition) is 3. The van der Waals surface area contributed by atoms with Crippen LogP contribution in [0.25, 0.3) is 0 Å².